The zero-order valence-electron chi connectivity index (χ0n) is 21.5. The van der Waals surface area contributed by atoms with Crippen molar-refractivity contribution in [2.45, 2.75) is 56.7 Å². The summed E-state index contributed by atoms with van der Waals surface area (Å²) in [6.45, 7) is -0.620. The van der Waals surface area contributed by atoms with Crippen LogP contribution in [-0.4, -0.2) is 56.2 Å². The van der Waals surface area contributed by atoms with Gasteiger partial charge in [0.1, 0.15) is 5.78 Å². The van der Waals surface area contributed by atoms with E-state index >= 15 is 0 Å². The second-order valence-electron chi connectivity index (χ2n) is 9.57. The largest absolute Gasteiger partial charge is 0.504 e. The Labute approximate surface area is 222 Å². The molecule has 0 aliphatic carbocycles. The number of benzene rings is 3. The number of hydrogen-bond donors (Lipinski definition) is 6. The van der Waals surface area contributed by atoms with E-state index in [0.717, 1.165) is 5.56 Å². The number of Topliss-reactive ketones (excluding diaryl/α,β-unsaturated/α-hetero) is 1. The van der Waals surface area contributed by atoms with Crippen molar-refractivity contribution in [2.24, 2.45) is 0 Å². The van der Waals surface area contributed by atoms with Crippen LogP contribution in [0.15, 0.2) is 60.7 Å². The summed E-state index contributed by atoms with van der Waals surface area (Å²) in [6.07, 6.45) is 0.319. The lowest BCUT2D eigenvalue weighted by Crippen LogP contribution is -2.20. The summed E-state index contributed by atoms with van der Waals surface area (Å²) < 4.78 is 5.27. The van der Waals surface area contributed by atoms with Crippen LogP contribution in [0.5, 0.6) is 23.0 Å². The van der Waals surface area contributed by atoms with Crippen LogP contribution in [0.25, 0.3) is 0 Å². The highest BCUT2D eigenvalue weighted by atomic mass is 16.5. The Kier molecular flexibility index (Phi) is 10.5. The van der Waals surface area contributed by atoms with E-state index in [1.807, 2.05) is 30.3 Å². The normalized spacial score (nSPS) is 13.6. The minimum absolute atomic E-state index is 0.0933. The summed E-state index contributed by atoms with van der Waals surface area (Å²) in [6, 6.07) is 17.1. The van der Waals surface area contributed by atoms with E-state index in [0.29, 0.717) is 29.5 Å². The summed E-state index contributed by atoms with van der Waals surface area (Å²) in [5.74, 6) is -1.46. The molecular weight excluding hydrogens is 488 g/mol. The second kappa shape index (κ2) is 13.8. The van der Waals surface area contributed by atoms with Crippen molar-refractivity contribution in [3.63, 3.8) is 0 Å². The Balaban J connectivity index is 1.76. The van der Waals surface area contributed by atoms with Crippen molar-refractivity contribution >= 4 is 5.78 Å². The van der Waals surface area contributed by atoms with Gasteiger partial charge in [0.2, 0.25) is 0 Å². The Morgan fingerprint density at radius 2 is 1.61 bits per heavy atom. The standard InChI is InChI=1S/C30H36O8/c1-38-30-16-26(23(18-32)14-29(30)37)21(8-7-19-5-3-2-4-6-19)11-24(33)15-25(34)12-22(17-31)20-9-10-27(35)28(36)13-20/h2-6,9-10,13-14,16,21-22,25,31-32,34-37H,7-8,11-12,15,17-18H2,1H3. The minimum atomic E-state index is -1.03. The SMILES string of the molecule is COc1cc(C(CCc2ccccc2)CC(=O)CC(O)CC(CO)c2ccc(O)c(O)c2)c(CO)cc1O. The van der Waals surface area contributed by atoms with E-state index in [4.69, 9.17) is 4.74 Å². The van der Waals surface area contributed by atoms with Crippen LogP contribution < -0.4 is 4.74 Å². The van der Waals surface area contributed by atoms with Gasteiger partial charge in [0.25, 0.3) is 0 Å². The third kappa shape index (κ3) is 7.71. The molecular formula is C30H36O8. The second-order valence-corrected chi connectivity index (χ2v) is 9.57. The van der Waals surface area contributed by atoms with Crippen LogP contribution in [0.4, 0.5) is 0 Å². The summed E-state index contributed by atoms with van der Waals surface area (Å²) in [4.78, 5) is 13.1. The number of methoxy groups -OCH3 is 1. The Morgan fingerprint density at radius 3 is 2.24 bits per heavy atom. The van der Waals surface area contributed by atoms with E-state index in [2.05, 4.69) is 0 Å². The van der Waals surface area contributed by atoms with Crippen LogP contribution in [0.1, 0.15) is 59.8 Å². The van der Waals surface area contributed by atoms with E-state index in [1.54, 1.807) is 12.1 Å². The number of ketones is 1. The van der Waals surface area contributed by atoms with E-state index < -0.39 is 12.0 Å². The Morgan fingerprint density at radius 1 is 0.868 bits per heavy atom. The number of aliphatic hydroxyl groups excluding tert-OH is 3. The zero-order valence-corrected chi connectivity index (χ0v) is 21.5. The fourth-order valence-corrected chi connectivity index (χ4v) is 4.80. The lowest BCUT2D eigenvalue weighted by molar-refractivity contribution is -0.121. The van der Waals surface area contributed by atoms with Crippen LogP contribution in [0, 0.1) is 0 Å². The Bertz CT molecular complexity index is 1190. The van der Waals surface area contributed by atoms with Gasteiger partial charge < -0.3 is 35.4 Å². The highest BCUT2D eigenvalue weighted by Crippen LogP contribution is 2.37. The molecule has 0 aliphatic rings. The Hall–Kier alpha value is -3.59. The van der Waals surface area contributed by atoms with Gasteiger partial charge in [0.15, 0.2) is 23.0 Å². The van der Waals surface area contributed by atoms with Gasteiger partial charge in [-0.1, -0.05) is 36.4 Å². The first-order valence-electron chi connectivity index (χ1n) is 12.6. The molecule has 0 heterocycles. The molecule has 0 saturated heterocycles. The van der Waals surface area contributed by atoms with Crippen molar-refractivity contribution in [2.75, 3.05) is 13.7 Å². The molecule has 0 spiro atoms. The lowest BCUT2D eigenvalue weighted by atomic mass is 9.84. The van der Waals surface area contributed by atoms with Gasteiger partial charge >= 0.3 is 0 Å². The van der Waals surface area contributed by atoms with E-state index in [-0.39, 0.29) is 67.2 Å². The van der Waals surface area contributed by atoms with E-state index in [9.17, 15) is 35.4 Å². The molecule has 3 unspecified atom stereocenters. The minimum Gasteiger partial charge on any atom is -0.504 e. The van der Waals surface area contributed by atoms with Gasteiger partial charge in [-0.15, -0.1) is 0 Å². The fourth-order valence-electron chi connectivity index (χ4n) is 4.80. The molecule has 0 fully saturated rings. The number of carbonyl (C=O) groups excluding carboxylic acids is 1. The molecule has 0 radical (unpaired) electrons. The quantitative estimate of drug-likeness (QED) is 0.174. The molecule has 0 saturated carbocycles. The maximum Gasteiger partial charge on any atom is 0.160 e. The van der Waals surface area contributed by atoms with Crippen LogP contribution in [0.3, 0.4) is 0 Å². The predicted molar refractivity (Wildman–Crippen MR) is 143 cm³/mol. The number of phenols is 3. The molecule has 38 heavy (non-hydrogen) atoms. The highest BCUT2D eigenvalue weighted by molar-refractivity contribution is 5.80. The first kappa shape index (κ1) is 29.0. The van der Waals surface area contributed by atoms with Gasteiger partial charge in [-0.3, -0.25) is 4.79 Å². The summed E-state index contributed by atoms with van der Waals surface area (Å²) in [7, 11) is 1.43. The fraction of sp³-hybridized carbons (Fsp3) is 0.367. The monoisotopic (exact) mass is 524 g/mol. The zero-order chi connectivity index (χ0) is 27.7. The number of aryl methyl sites for hydroxylation is 1. The van der Waals surface area contributed by atoms with Gasteiger partial charge in [-0.2, -0.15) is 0 Å². The predicted octanol–water partition coefficient (Wildman–Crippen LogP) is 3.90. The molecule has 0 bridgehead atoms. The maximum atomic E-state index is 13.1. The van der Waals surface area contributed by atoms with Crippen LogP contribution in [-0.2, 0) is 17.8 Å². The van der Waals surface area contributed by atoms with Gasteiger partial charge in [0, 0.05) is 18.8 Å². The highest BCUT2D eigenvalue weighted by Gasteiger charge is 2.24. The van der Waals surface area contributed by atoms with Gasteiger partial charge in [-0.25, -0.2) is 0 Å². The van der Waals surface area contributed by atoms with Crippen molar-refractivity contribution in [1.82, 2.24) is 0 Å². The first-order valence-corrected chi connectivity index (χ1v) is 12.6. The summed E-state index contributed by atoms with van der Waals surface area (Å²) in [5, 5.41) is 60.0. The molecule has 6 N–H and O–H groups in total. The molecule has 8 nitrogen and oxygen atoms in total. The summed E-state index contributed by atoms with van der Waals surface area (Å²) >= 11 is 0. The lowest BCUT2D eigenvalue weighted by Gasteiger charge is -2.23. The molecule has 3 atom stereocenters. The molecule has 0 aromatic heterocycles. The van der Waals surface area contributed by atoms with Crippen LogP contribution in [0.2, 0.25) is 0 Å². The molecule has 0 amide bonds. The number of hydrogen-bond acceptors (Lipinski definition) is 8. The third-order valence-electron chi connectivity index (χ3n) is 6.86. The average Bonchev–Trinajstić information content (AvgIpc) is 2.91. The number of carbonyl (C=O) groups is 1. The number of rotatable bonds is 14. The third-order valence-corrected chi connectivity index (χ3v) is 6.86. The number of aromatic hydroxyl groups is 3. The molecule has 3 aromatic rings. The van der Waals surface area contributed by atoms with Crippen LogP contribution >= 0.6 is 0 Å². The molecule has 0 aliphatic heterocycles. The van der Waals surface area contributed by atoms with Gasteiger partial charge in [-0.05, 0) is 71.7 Å². The average molecular weight is 525 g/mol. The van der Waals surface area contributed by atoms with Gasteiger partial charge in [0.05, 0.1) is 26.4 Å². The molecule has 3 rings (SSSR count). The molecule has 3 aromatic carbocycles. The topological polar surface area (TPSA) is 148 Å². The smallest absolute Gasteiger partial charge is 0.160 e. The number of phenolic OH excluding ortho intramolecular Hbond substituents is 3. The summed E-state index contributed by atoms with van der Waals surface area (Å²) in [5.41, 5.74) is 2.85. The first-order chi connectivity index (χ1) is 18.2. The number of ether oxygens (including phenoxy) is 1. The van der Waals surface area contributed by atoms with Crippen molar-refractivity contribution < 1.29 is 40.2 Å². The van der Waals surface area contributed by atoms with Crippen molar-refractivity contribution in [3.8, 4) is 23.0 Å². The maximum absolute atomic E-state index is 13.1. The number of aliphatic hydroxyl groups is 3. The molecule has 8 heteroatoms. The molecule has 204 valence electrons. The van der Waals surface area contributed by atoms with E-state index in [1.165, 1.54) is 25.3 Å². The van der Waals surface area contributed by atoms with Crippen molar-refractivity contribution in [3.05, 3.63) is 82.9 Å². The van der Waals surface area contributed by atoms with Crippen molar-refractivity contribution in [1.29, 1.82) is 0 Å².